The van der Waals surface area contributed by atoms with Crippen molar-refractivity contribution >= 4 is 22.9 Å². The number of rotatable bonds is 7. The van der Waals surface area contributed by atoms with Gasteiger partial charge in [0.05, 0.1) is 23.2 Å². The molecule has 0 spiro atoms. The maximum Gasteiger partial charge on any atom is 0.162 e. The van der Waals surface area contributed by atoms with E-state index in [0.717, 1.165) is 42.1 Å². The van der Waals surface area contributed by atoms with Gasteiger partial charge in [-0.2, -0.15) is 0 Å². The molecule has 0 N–H and O–H groups in total. The third-order valence-corrected chi connectivity index (χ3v) is 3.91. The van der Waals surface area contributed by atoms with Gasteiger partial charge in [0.25, 0.3) is 0 Å². The van der Waals surface area contributed by atoms with E-state index in [1.165, 1.54) is 6.07 Å². The standard InChI is InChI=1S/C14H14ClF2NOS/c15-8-10-9-20-14(18-10)3-1-2-6-19-11-4-5-12(16)13(17)7-11/h4-5,7,9H,1-3,6,8H2. The van der Waals surface area contributed by atoms with Crippen LogP contribution < -0.4 is 4.74 Å². The van der Waals surface area contributed by atoms with Crippen LogP contribution in [-0.4, -0.2) is 11.6 Å². The molecule has 0 aliphatic carbocycles. The quantitative estimate of drug-likeness (QED) is 0.551. The number of thiazole rings is 1. The zero-order valence-electron chi connectivity index (χ0n) is 10.7. The number of aryl methyl sites for hydroxylation is 1. The number of aromatic nitrogens is 1. The molecule has 0 amide bonds. The first-order valence-electron chi connectivity index (χ1n) is 6.26. The monoisotopic (exact) mass is 317 g/mol. The molecule has 0 saturated carbocycles. The van der Waals surface area contributed by atoms with Gasteiger partial charge in [0, 0.05) is 11.4 Å². The van der Waals surface area contributed by atoms with Crippen LogP contribution >= 0.6 is 22.9 Å². The Morgan fingerprint density at radius 2 is 2.05 bits per heavy atom. The molecule has 1 aromatic heterocycles. The number of benzene rings is 1. The Kier molecular flexibility index (Phi) is 5.73. The molecule has 0 saturated heterocycles. The number of halogens is 3. The molecule has 20 heavy (non-hydrogen) atoms. The van der Waals surface area contributed by atoms with Crippen molar-refractivity contribution in [2.45, 2.75) is 25.1 Å². The Morgan fingerprint density at radius 1 is 1.20 bits per heavy atom. The second-order valence-electron chi connectivity index (χ2n) is 4.25. The van der Waals surface area contributed by atoms with Crippen LogP contribution in [0, 0.1) is 11.6 Å². The van der Waals surface area contributed by atoms with Gasteiger partial charge in [0.1, 0.15) is 5.75 Å². The van der Waals surface area contributed by atoms with Crippen LogP contribution in [-0.2, 0) is 12.3 Å². The van der Waals surface area contributed by atoms with E-state index < -0.39 is 11.6 Å². The maximum atomic E-state index is 12.9. The fraction of sp³-hybridized carbons (Fsp3) is 0.357. The van der Waals surface area contributed by atoms with Crippen molar-refractivity contribution in [2.24, 2.45) is 0 Å². The van der Waals surface area contributed by atoms with Gasteiger partial charge >= 0.3 is 0 Å². The highest BCUT2D eigenvalue weighted by Crippen LogP contribution is 2.17. The molecule has 0 aliphatic rings. The summed E-state index contributed by atoms with van der Waals surface area (Å²) < 4.78 is 31.0. The molecule has 0 radical (unpaired) electrons. The largest absolute Gasteiger partial charge is 0.493 e. The fourth-order valence-electron chi connectivity index (χ4n) is 1.66. The van der Waals surface area contributed by atoms with Gasteiger partial charge in [-0.3, -0.25) is 0 Å². The number of hydrogen-bond acceptors (Lipinski definition) is 3. The summed E-state index contributed by atoms with van der Waals surface area (Å²) in [4.78, 5) is 4.36. The highest BCUT2D eigenvalue weighted by Gasteiger charge is 2.04. The highest BCUT2D eigenvalue weighted by molar-refractivity contribution is 7.09. The number of unbranched alkanes of at least 4 members (excludes halogenated alkanes) is 1. The summed E-state index contributed by atoms with van der Waals surface area (Å²) in [7, 11) is 0. The summed E-state index contributed by atoms with van der Waals surface area (Å²) in [6.45, 7) is 0.471. The van der Waals surface area contributed by atoms with Crippen molar-refractivity contribution in [3.8, 4) is 5.75 Å². The molecule has 1 aromatic carbocycles. The summed E-state index contributed by atoms with van der Waals surface area (Å²) in [6.07, 6.45) is 2.64. The first kappa shape index (κ1) is 15.2. The molecule has 2 rings (SSSR count). The molecule has 0 unspecified atom stereocenters. The van der Waals surface area contributed by atoms with Gasteiger partial charge in [-0.1, -0.05) is 0 Å². The van der Waals surface area contributed by atoms with Crippen molar-refractivity contribution < 1.29 is 13.5 Å². The Morgan fingerprint density at radius 3 is 2.75 bits per heavy atom. The lowest BCUT2D eigenvalue weighted by atomic mass is 10.2. The third-order valence-electron chi connectivity index (χ3n) is 2.68. The van der Waals surface area contributed by atoms with E-state index in [4.69, 9.17) is 16.3 Å². The SMILES string of the molecule is Fc1ccc(OCCCCc2nc(CCl)cs2)cc1F. The molecule has 2 nitrogen and oxygen atoms in total. The van der Waals surface area contributed by atoms with Crippen molar-refractivity contribution in [1.29, 1.82) is 0 Å². The average Bonchev–Trinajstić information content (AvgIpc) is 2.90. The van der Waals surface area contributed by atoms with E-state index in [2.05, 4.69) is 4.98 Å². The zero-order valence-corrected chi connectivity index (χ0v) is 12.3. The second-order valence-corrected chi connectivity index (χ2v) is 5.46. The second kappa shape index (κ2) is 7.55. The lowest BCUT2D eigenvalue weighted by Crippen LogP contribution is -1.99. The number of ether oxygens (including phenoxy) is 1. The van der Waals surface area contributed by atoms with E-state index in [1.807, 2.05) is 5.38 Å². The Balaban J connectivity index is 1.67. The highest BCUT2D eigenvalue weighted by atomic mass is 35.5. The predicted octanol–water partition coefficient (Wildman–Crippen LogP) is 4.56. The van der Waals surface area contributed by atoms with E-state index in [9.17, 15) is 8.78 Å². The summed E-state index contributed by atoms with van der Waals surface area (Å²) in [5, 5.41) is 3.02. The van der Waals surface area contributed by atoms with Gasteiger partial charge in [0.15, 0.2) is 11.6 Å². The Hall–Kier alpha value is -1.20. The average molecular weight is 318 g/mol. The minimum absolute atomic E-state index is 0.350. The van der Waals surface area contributed by atoms with Crippen LogP contribution in [0.15, 0.2) is 23.6 Å². The molecule has 2 aromatic rings. The van der Waals surface area contributed by atoms with Gasteiger partial charge in [0.2, 0.25) is 0 Å². The summed E-state index contributed by atoms with van der Waals surface area (Å²) in [6, 6.07) is 3.54. The van der Waals surface area contributed by atoms with E-state index in [1.54, 1.807) is 11.3 Å². The first-order chi connectivity index (χ1) is 9.69. The van der Waals surface area contributed by atoms with Gasteiger partial charge in [-0.25, -0.2) is 13.8 Å². The predicted molar refractivity (Wildman–Crippen MR) is 76.5 cm³/mol. The van der Waals surface area contributed by atoms with Crippen molar-refractivity contribution in [3.05, 3.63) is 45.9 Å². The normalized spacial score (nSPS) is 10.8. The fourth-order valence-corrected chi connectivity index (χ4v) is 2.73. The molecule has 1 heterocycles. The number of nitrogens with zero attached hydrogens (tertiary/aromatic N) is 1. The van der Waals surface area contributed by atoms with Crippen LogP contribution in [0.4, 0.5) is 8.78 Å². The molecular weight excluding hydrogens is 304 g/mol. The van der Waals surface area contributed by atoms with E-state index in [0.29, 0.717) is 18.2 Å². The topological polar surface area (TPSA) is 22.1 Å². The summed E-state index contributed by atoms with van der Waals surface area (Å²) in [5.41, 5.74) is 0.907. The van der Waals surface area contributed by atoms with Crippen LogP contribution in [0.25, 0.3) is 0 Å². The molecule has 108 valence electrons. The number of alkyl halides is 1. The van der Waals surface area contributed by atoms with E-state index in [-0.39, 0.29) is 0 Å². The summed E-state index contributed by atoms with van der Waals surface area (Å²) >= 11 is 7.29. The molecule has 0 fully saturated rings. The summed E-state index contributed by atoms with van der Waals surface area (Å²) in [5.74, 6) is -0.965. The number of hydrogen-bond donors (Lipinski definition) is 0. The Bertz CT molecular complexity index is 562. The molecule has 0 atom stereocenters. The van der Waals surface area contributed by atoms with Crippen LogP contribution in [0.3, 0.4) is 0 Å². The van der Waals surface area contributed by atoms with Crippen molar-refractivity contribution in [3.63, 3.8) is 0 Å². The molecular formula is C14H14ClF2NOS. The molecule has 0 bridgehead atoms. The van der Waals surface area contributed by atoms with Gasteiger partial charge in [-0.05, 0) is 31.4 Å². The lowest BCUT2D eigenvalue weighted by molar-refractivity contribution is 0.304. The van der Waals surface area contributed by atoms with Crippen LogP contribution in [0.2, 0.25) is 0 Å². The molecule has 6 heteroatoms. The van der Waals surface area contributed by atoms with Crippen molar-refractivity contribution in [2.75, 3.05) is 6.61 Å². The van der Waals surface area contributed by atoms with Crippen molar-refractivity contribution in [1.82, 2.24) is 4.98 Å². The molecule has 0 aliphatic heterocycles. The Labute approximate surface area is 125 Å². The minimum Gasteiger partial charge on any atom is -0.493 e. The first-order valence-corrected chi connectivity index (χ1v) is 7.67. The zero-order chi connectivity index (χ0) is 14.4. The van der Waals surface area contributed by atoms with Gasteiger partial charge in [-0.15, -0.1) is 22.9 Å². The van der Waals surface area contributed by atoms with Crippen LogP contribution in [0.1, 0.15) is 23.5 Å². The maximum absolute atomic E-state index is 12.9. The minimum atomic E-state index is -0.890. The van der Waals surface area contributed by atoms with Crippen LogP contribution in [0.5, 0.6) is 5.75 Å². The third kappa shape index (κ3) is 4.42. The smallest absolute Gasteiger partial charge is 0.162 e. The van der Waals surface area contributed by atoms with E-state index >= 15 is 0 Å². The van der Waals surface area contributed by atoms with Gasteiger partial charge < -0.3 is 4.74 Å². The lowest BCUT2D eigenvalue weighted by Gasteiger charge is -2.05.